The van der Waals surface area contributed by atoms with Crippen molar-refractivity contribution in [3.05, 3.63) is 243 Å². The van der Waals surface area contributed by atoms with Gasteiger partial charge in [-0.05, 0) is 90.5 Å². The number of nitrogens with zero attached hydrogens (tertiary/aromatic N) is 4. The fourth-order valence-corrected chi connectivity index (χ4v) is 10.0. The molecule has 0 aliphatic heterocycles. The molecule has 4 nitrogen and oxygen atoms in total. The molecule has 0 bridgehead atoms. The van der Waals surface area contributed by atoms with E-state index < -0.39 is 0 Å². The van der Waals surface area contributed by atoms with E-state index in [1.54, 1.807) is 0 Å². The third-order valence-electron chi connectivity index (χ3n) is 13.2. The zero-order valence-corrected chi connectivity index (χ0v) is 36.4. The maximum atomic E-state index is 5.27. The lowest BCUT2D eigenvalue weighted by Gasteiger charge is -2.15. The first-order chi connectivity index (χ1) is 33.2. The summed E-state index contributed by atoms with van der Waals surface area (Å²) < 4.78 is 2.39. The molecule has 4 heteroatoms. The molecule has 0 saturated heterocycles. The summed E-state index contributed by atoms with van der Waals surface area (Å²) in [5.41, 5.74) is 13.1. The molecule has 13 rings (SSSR count). The molecule has 0 saturated carbocycles. The first-order valence-corrected chi connectivity index (χ1v) is 22.8. The minimum Gasteiger partial charge on any atom is -0.309 e. The van der Waals surface area contributed by atoms with E-state index in [2.05, 4.69) is 241 Å². The van der Waals surface area contributed by atoms with Gasteiger partial charge in [-0.3, -0.25) is 0 Å². The first-order valence-electron chi connectivity index (χ1n) is 22.8. The molecule has 0 aliphatic rings. The van der Waals surface area contributed by atoms with Crippen molar-refractivity contribution in [2.24, 2.45) is 0 Å². The molecule has 0 N–H and O–H groups in total. The molecule has 0 spiro atoms. The number of hydrogen-bond donors (Lipinski definition) is 0. The highest BCUT2D eigenvalue weighted by Crippen LogP contribution is 2.41. The molecular weight excluding hydrogens is 813 g/mol. The van der Waals surface area contributed by atoms with Gasteiger partial charge in [0.2, 0.25) is 0 Å². The molecular formula is C63H40N4. The van der Waals surface area contributed by atoms with Gasteiger partial charge in [0, 0.05) is 38.7 Å². The van der Waals surface area contributed by atoms with E-state index in [9.17, 15) is 0 Å². The van der Waals surface area contributed by atoms with E-state index in [-0.39, 0.29) is 0 Å². The molecule has 0 radical (unpaired) electrons. The lowest BCUT2D eigenvalue weighted by molar-refractivity contribution is 1.07. The Bertz CT molecular complexity index is 4010. The summed E-state index contributed by atoms with van der Waals surface area (Å²) in [5.74, 6) is 1.84. The molecule has 312 valence electrons. The van der Waals surface area contributed by atoms with Crippen molar-refractivity contribution in [2.75, 3.05) is 0 Å². The second kappa shape index (κ2) is 15.9. The molecule has 11 aromatic carbocycles. The summed E-state index contributed by atoms with van der Waals surface area (Å²) in [6.45, 7) is 0. The van der Waals surface area contributed by atoms with Crippen LogP contribution in [-0.2, 0) is 0 Å². The maximum Gasteiger partial charge on any atom is 0.164 e. The van der Waals surface area contributed by atoms with Crippen molar-refractivity contribution in [3.8, 4) is 73.2 Å². The molecule has 0 fully saturated rings. The van der Waals surface area contributed by atoms with Gasteiger partial charge in [0.1, 0.15) is 0 Å². The van der Waals surface area contributed by atoms with Gasteiger partial charge in [-0.15, -0.1) is 0 Å². The number of para-hydroxylation sites is 3. The standard InChI is InChI=1S/C63H40N4/c1-3-15-41(16-4-1)42-29-33-45(34-30-42)61-64-62(46-35-31-44(32-36-46)59-52-24-10-8-18-48(52)40-57-51-23-9-7-17-43(51)37-38-55(57)59)66-63(65-61)49-20-13-19-47(39-49)53-26-14-27-56-54-25-11-12-28-58(54)67(60(53)56)50-21-5-2-6-22-50/h1-40H. The highest BCUT2D eigenvalue weighted by atomic mass is 15.0. The van der Waals surface area contributed by atoms with Gasteiger partial charge < -0.3 is 4.57 Å². The van der Waals surface area contributed by atoms with Gasteiger partial charge in [-0.25, -0.2) is 15.0 Å². The smallest absolute Gasteiger partial charge is 0.164 e. The largest absolute Gasteiger partial charge is 0.309 e. The highest BCUT2D eigenvalue weighted by Gasteiger charge is 2.19. The Morgan fingerprint density at radius 1 is 0.269 bits per heavy atom. The molecule has 2 heterocycles. The Labute approximate surface area is 387 Å². The first kappa shape index (κ1) is 38.5. The molecule has 13 aromatic rings. The van der Waals surface area contributed by atoms with Crippen LogP contribution in [0.5, 0.6) is 0 Å². The SMILES string of the molecule is c1ccc(-c2ccc(-c3nc(-c4ccc(-c5c6ccccc6cc6c5ccc5ccccc56)cc4)nc(-c4cccc(-c5cccc6c7ccccc7n(-c7ccccc7)c56)c4)n3)cc2)cc1. The lowest BCUT2D eigenvalue weighted by atomic mass is 9.89. The zero-order chi connectivity index (χ0) is 44.3. The number of aromatic nitrogens is 4. The molecule has 0 amide bonds. The van der Waals surface area contributed by atoms with Crippen molar-refractivity contribution in [2.45, 2.75) is 0 Å². The van der Waals surface area contributed by atoms with Gasteiger partial charge in [0.25, 0.3) is 0 Å². The van der Waals surface area contributed by atoms with E-state index >= 15 is 0 Å². The third-order valence-corrected chi connectivity index (χ3v) is 13.2. The Kier molecular flexibility index (Phi) is 9.14. The number of rotatable bonds is 7. The number of benzene rings is 11. The van der Waals surface area contributed by atoms with E-state index in [0.29, 0.717) is 17.5 Å². The fourth-order valence-electron chi connectivity index (χ4n) is 10.0. The van der Waals surface area contributed by atoms with Crippen LogP contribution in [-0.4, -0.2) is 19.5 Å². The molecule has 0 unspecified atom stereocenters. The summed E-state index contributed by atoms with van der Waals surface area (Å²) in [5, 5.41) is 9.84. The molecule has 2 aromatic heterocycles. The van der Waals surface area contributed by atoms with E-state index in [0.717, 1.165) is 55.7 Å². The average molecular weight is 853 g/mol. The van der Waals surface area contributed by atoms with Crippen LogP contribution >= 0.6 is 0 Å². The summed E-state index contributed by atoms with van der Waals surface area (Å²) in [7, 11) is 0. The second-order valence-corrected chi connectivity index (χ2v) is 17.2. The van der Waals surface area contributed by atoms with Crippen molar-refractivity contribution >= 4 is 54.1 Å². The van der Waals surface area contributed by atoms with Crippen molar-refractivity contribution < 1.29 is 0 Å². The Hall–Kier alpha value is -8.99. The lowest BCUT2D eigenvalue weighted by Crippen LogP contribution is -2.00. The monoisotopic (exact) mass is 852 g/mol. The van der Waals surface area contributed by atoms with Crippen LogP contribution in [0.1, 0.15) is 0 Å². The van der Waals surface area contributed by atoms with Gasteiger partial charge in [-0.1, -0.05) is 212 Å². The fraction of sp³-hybridized carbons (Fsp3) is 0. The van der Waals surface area contributed by atoms with Crippen LogP contribution in [0, 0.1) is 0 Å². The maximum absolute atomic E-state index is 5.27. The van der Waals surface area contributed by atoms with E-state index in [1.807, 2.05) is 6.07 Å². The van der Waals surface area contributed by atoms with Crippen molar-refractivity contribution in [1.29, 1.82) is 0 Å². The normalized spacial score (nSPS) is 11.6. The summed E-state index contributed by atoms with van der Waals surface area (Å²) in [4.78, 5) is 15.7. The van der Waals surface area contributed by atoms with Gasteiger partial charge in [0.05, 0.1) is 11.0 Å². The summed E-state index contributed by atoms with van der Waals surface area (Å²) in [6, 6.07) is 86.5. The van der Waals surface area contributed by atoms with Crippen LogP contribution in [0.2, 0.25) is 0 Å². The minimum atomic E-state index is 0.612. The van der Waals surface area contributed by atoms with Crippen LogP contribution in [0.25, 0.3) is 127 Å². The highest BCUT2D eigenvalue weighted by molar-refractivity contribution is 6.20. The van der Waals surface area contributed by atoms with Crippen LogP contribution in [0.4, 0.5) is 0 Å². The molecule has 67 heavy (non-hydrogen) atoms. The summed E-state index contributed by atoms with van der Waals surface area (Å²) in [6.07, 6.45) is 0. The topological polar surface area (TPSA) is 43.6 Å². The quantitative estimate of drug-likeness (QED) is 0.118. The Morgan fingerprint density at radius 3 is 1.54 bits per heavy atom. The molecule has 0 atom stereocenters. The minimum absolute atomic E-state index is 0.612. The van der Waals surface area contributed by atoms with Gasteiger partial charge in [-0.2, -0.15) is 0 Å². The Morgan fingerprint density at radius 2 is 0.791 bits per heavy atom. The van der Waals surface area contributed by atoms with E-state index in [4.69, 9.17) is 15.0 Å². The number of hydrogen-bond acceptors (Lipinski definition) is 3. The van der Waals surface area contributed by atoms with Gasteiger partial charge in [0.15, 0.2) is 17.5 Å². The van der Waals surface area contributed by atoms with E-state index in [1.165, 1.54) is 54.2 Å². The number of fused-ring (bicyclic) bond motifs is 7. The van der Waals surface area contributed by atoms with Crippen LogP contribution in [0.3, 0.4) is 0 Å². The Balaban J connectivity index is 0.962. The zero-order valence-electron chi connectivity index (χ0n) is 36.4. The predicted molar refractivity (Wildman–Crippen MR) is 279 cm³/mol. The third kappa shape index (κ3) is 6.65. The average Bonchev–Trinajstić information content (AvgIpc) is 3.75. The predicted octanol–water partition coefficient (Wildman–Crippen LogP) is 16.4. The molecule has 0 aliphatic carbocycles. The van der Waals surface area contributed by atoms with Gasteiger partial charge >= 0.3 is 0 Å². The van der Waals surface area contributed by atoms with Crippen LogP contribution in [0.15, 0.2) is 243 Å². The van der Waals surface area contributed by atoms with Crippen molar-refractivity contribution in [3.63, 3.8) is 0 Å². The summed E-state index contributed by atoms with van der Waals surface area (Å²) >= 11 is 0. The van der Waals surface area contributed by atoms with Crippen molar-refractivity contribution in [1.82, 2.24) is 19.5 Å². The van der Waals surface area contributed by atoms with Crippen LogP contribution < -0.4 is 0 Å². The second-order valence-electron chi connectivity index (χ2n) is 17.2.